The Morgan fingerprint density at radius 1 is 1.36 bits per heavy atom. The van der Waals surface area contributed by atoms with E-state index in [0.717, 1.165) is 17.3 Å². The average Bonchev–Trinajstić information content (AvgIpc) is 2.90. The van der Waals surface area contributed by atoms with Gasteiger partial charge in [0.2, 0.25) is 5.78 Å². The van der Waals surface area contributed by atoms with Gasteiger partial charge in [-0.2, -0.15) is 13.9 Å². The van der Waals surface area contributed by atoms with Crippen LogP contribution in [0.1, 0.15) is 12.5 Å². The van der Waals surface area contributed by atoms with E-state index in [9.17, 15) is 27.5 Å². The van der Waals surface area contributed by atoms with Gasteiger partial charge in [-0.3, -0.25) is 4.79 Å². The number of alkyl halides is 2. The van der Waals surface area contributed by atoms with E-state index in [1.165, 1.54) is 0 Å². The number of rotatable bonds is 5. The largest absolute Gasteiger partial charge is 0.377 e. The standard InChI is InChI=1S/C13H11F4N3O2/c1-8(21)13(16,17)12(22,5-20-7-18-6-19-20)10-3-2-9(14)4-11(10)15/h2-4,6-7,22H,5H2,1H3. The molecule has 5 nitrogen and oxygen atoms in total. The summed E-state index contributed by atoms with van der Waals surface area (Å²) in [5.41, 5.74) is -4.16. The molecule has 0 aliphatic heterocycles. The lowest BCUT2D eigenvalue weighted by Crippen LogP contribution is -2.53. The van der Waals surface area contributed by atoms with Crippen molar-refractivity contribution in [2.45, 2.75) is 25.0 Å². The summed E-state index contributed by atoms with van der Waals surface area (Å²) in [6, 6.07) is 1.72. The van der Waals surface area contributed by atoms with E-state index < -0.39 is 41.0 Å². The molecule has 9 heteroatoms. The molecule has 0 fully saturated rings. The zero-order chi connectivity index (χ0) is 16.5. The summed E-state index contributed by atoms with van der Waals surface area (Å²) in [5.74, 6) is -8.39. The van der Waals surface area contributed by atoms with Gasteiger partial charge in [-0.05, 0) is 12.1 Å². The average molecular weight is 317 g/mol. The summed E-state index contributed by atoms with van der Waals surface area (Å²) in [6.07, 6.45) is 2.04. The maximum atomic E-state index is 14.2. The van der Waals surface area contributed by atoms with E-state index in [1.54, 1.807) is 0 Å². The Bertz CT molecular complexity index is 691. The highest BCUT2D eigenvalue weighted by atomic mass is 19.3. The monoisotopic (exact) mass is 317 g/mol. The van der Waals surface area contributed by atoms with Gasteiger partial charge in [0.1, 0.15) is 24.3 Å². The topological polar surface area (TPSA) is 68.0 Å². The first-order chi connectivity index (χ1) is 10.2. The molecule has 0 aliphatic carbocycles. The smallest absolute Gasteiger partial charge is 0.338 e. The third-order valence-electron chi connectivity index (χ3n) is 3.20. The van der Waals surface area contributed by atoms with Crippen molar-refractivity contribution in [2.24, 2.45) is 0 Å². The Morgan fingerprint density at radius 3 is 2.55 bits per heavy atom. The third-order valence-corrected chi connectivity index (χ3v) is 3.20. The van der Waals surface area contributed by atoms with Crippen molar-refractivity contribution in [1.82, 2.24) is 14.8 Å². The van der Waals surface area contributed by atoms with Crippen molar-refractivity contribution in [1.29, 1.82) is 0 Å². The summed E-state index contributed by atoms with van der Waals surface area (Å²) < 4.78 is 56.1. The number of Topliss-reactive ketones (excluding diaryl/α,β-unsaturated/α-hetero) is 1. The first-order valence-corrected chi connectivity index (χ1v) is 6.07. The van der Waals surface area contributed by atoms with Crippen LogP contribution in [0.15, 0.2) is 30.9 Å². The van der Waals surface area contributed by atoms with Crippen molar-refractivity contribution in [3.63, 3.8) is 0 Å². The van der Waals surface area contributed by atoms with Crippen LogP contribution in [0, 0.1) is 11.6 Å². The van der Waals surface area contributed by atoms with E-state index in [1.807, 2.05) is 0 Å². The van der Waals surface area contributed by atoms with Gasteiger partial charge in [-0.15, -0.1) is 0 Å². The molecule has 0 bridgehead atoms. The predicted molar refractivity (Wildman–Crippen MR) is 65.9 cm³/mol. The Hall–Kier alpha value is -2.29. The molecule has 1 aromatic heterocycles. The van der Waals surface area contributed by atoms with Crippen LogP contribution in [-0.4, -0.2) is 31.6 Å². The summed E-state index contributed by atoms with van der Waals surface area (Å²) >= 11 is 0. The summed E-state index contributed by atoms with van der Waals surface area (Å²) in [6.45, 7) is -0.379. The third kappa shape index (κ3) is 2.59. The SMILES string of the molecule is CC(=O)C(F)(F)C(O)(Cn1cncn1)c1ccc(F)cc1F. The van der Waals surface area contributed by atoms with E-state index in [-0.39, 0.29) is 0 Å². The maximum absolute atomic E-state index is 14.2. The number of halogens is 4. The molecule has 1 aromatic carbocycles. The molecule has 0 saturated heterocycles. The Balaban J connectivity index is 2.61. The number of hydrogen-bond acceptors (Lipinski definition) is 4. The highest BCUT2D eigenvalue weighted by Gasteiger charge is 2.59. The molecule has 22 heavy (non-hydrogen) atoms. The molecule has 1 unspecified atom stereocenters. The highest BCUT2D eigenvalue weighted by molar-refractivity contribution is 5.84. The normalized spacial score (nSPS) is 14.6. The van der Waals surface area contributed by atoms with E-state index in [0.29, 0.717) is 25.1 Å². The van der Waals surface area contributed by atoms with Gasteiger partial charge >= 0.3 is 5.92 Å². The maximum Gasteiger partial charge on any atom is 0.338 e. The molecule has 118 valence electrons. The number of nitrogens with zero attached hydrogens (tertiary/aromatic N) is 3. The first kappa shape index (κ1) is 16.1. The number of aromatic nitrogens is 3. The van der Waals surface area contributed by atoms with Gasteiger partial charge in [0.25, 0.3) is 0 Å². The van der Waals surface area contributed by atoms with Crippen LogP contribution in [0.4, 0.5) is 17.6 Å². The molecular formula is C13H11F4N3O2. The zero-order valence-electron chi connectivity index (χ0n) is 11.3. The lowest BCUT2D eigenvalue weighted by Gasteiger charge is -2.34. The van der Waals surface area contributed by atoms with Gasteiger partial charge in [0.15, 0.2) is 5.60 Å². The molecule has 1 N–H and O–H groups in total. The lowest BCUT2D eigenvalue weighted by molar-refractivity contribution is -0.199. The fraction of sp³-hybridized carbons (Fsp3) is 0.308. The minimum Gasteiger partial charge on any atom is -0.377 e. The van der Waals surface area contributed by atoms with Crippen LogP contribution in [0.5, 0.6) is 0 Å². The minimum absolute atomic E-state index is 0.345. The highest BCUT2D eigenvalue weighted by Crippen LogP contribution is 2.41. The van der Waals surface area contributed by atoms with Crippen LogP contribution in [0.25, 0.3) is 0 Å². The van der Waals surface area contributed by atoms with E-state index >= 15 is 0 Å². The number of benzene rings is 1. The Morgan fingerprint density at radius 2 is 2.05 bits per heavy atom. The second kappa shape index (κ2) is 5.48. The molecule has 1 heterocycles. The number of aliphatic hydroxyl groups is 1. The van der Waals surface area contributed by atoms with Crippen LogP contribution in [-0.2, 0) is 16.9 Å². The van der Waals surface area contributed by atoms with Crippen molar-refractivity contribution >= 4 is 5.78 Å². The second-order valence-corrected chi connectivity index (χ2v) is 4.71. The molecule has 2 rings (SSSR count). The molecular weight excluding hydrogens is 306 g/mol. The molecule has 0 radical (unpaired) electrons. The summed E-state index contributed by atoms with van der Waals surface area (Å²) in [4.78, 5) is 14.8. The van der Waals surface area contributed by atoms with Crippen LogP contribution < -0.4 is 0 Å². The minimum atomic E-state index is -4.32. The number of carbonyl (C=O) groups is 1. The van der Waals surface area contributed by atoms with Crippen molar-refractivity contribution in [3.05, 3.63) is 48.1 Å². The number of hydrogen-bond donors (Lipinski definition) is 1. The molecule has 0 spiro atoms. The zero-order valence-corrected chi connectivity index (χ0v) is 11.3. The number of ketones is 1. The van der Waals surface area contributed by atoms with Gasteiger partial charge in [0, 0.05) is 18.6 Å². The van der Waals surface area contributed by atoms with Crippen LogP contribution >= 0.6 is 0 Å². The van der Waals surface area contributed by atoms with Crippen LogP contribution in [0.3, 0.4) is 0 Å². The quantitative estimate of drug-likeness (QED) is 0.852. The van der Waals surface area contributed by atoms with E-state index in [4.69, 9.17) is 0 Å². The van der Waals surface area contributed by atoms with Gasteiger partial charge in [0.05, 0.1) is 6.54 Å². The lowest BCUT2D eigenvalue weighted by atomic mass is 9.84. The molecule has 2 aromatic rings. The van der Waals surface area contributed by atoms with Gasteiger partial charge in [-0.1, -0.05) is 0 Å². The summed E-state index contributed by atoms with van der Waals surface area (Å²) in [5, 5.41) is 14.0. The van der Waals surface area contributed by atoms with Gasteiger partial charge in [-0.25, -0.2) is 18.4 Å². The summed E-state index contributed by atoms with van der Waals surface area (Å²) in [7, 11) is 0. The molecule has 0 amide bonds. The Labute approximate surface area is 122 Å². The first-order valence-electron chi connectivity index (χ1n) is 6.07. The fourth-order valence-corrected chi connectivity index (χ4v) is 2.02. The molecule has 0 saturated carbocycles. The van der Waals surface area contributed by atoms with Crippen LogP contribution in [0.2, 0.25) is 0 Å². The Kier molecular flexibility index (Phi) is 4.01. The number of carbonyl (C=O) groups excluding carboxylic acids is 1. The fourth-order valence-electron chi connectivity index (χ4n) is 2.02. The van der Waals surface area contributed by atoms with Gasteiger partial charge < -0.3 is 5.11 Å². The predicted octanol–water partition coefficient (Wildman–Crippen LogP) is 1.67. The second-order valence-electron chi connectivity index (χ2n) is 4.71. The van der Waals surface area contributed by atoms with Crippen molar-refractivity contribution in [2.75, 3.05) is 0 Å². The molecule has 1 atom stereocenters. The molecule has 0 aliphatic rings. The van der Waals surface area contributed by atoms with Crippen molar-refractivity contribution in [3.8, 4) is 0 Å². The van der Waals surface area contributed by atoms with Crippen molar-refractivity contribution < 1.29 is 27.5 Å². The van der Waals surface area contributed by atoms with E-state index in [2.05, 4.69) is 10.1 Å².